The number of aromatic nitrogens is 2. The van der Waals surface area contributed by atoms with Gasteiger partial charge >= 0.3 is 0 Å². The van der Waals surface area contributed by atoms with E-state index in [0.717, 1.165) is 22.7 Å². The van der Waals surface area contributed by atoms with Crippen molar-refractivity contribution >= 4 is 23.3 Å². The topological polar surface area (TPSA) is 93.2 Å². The van der Waals surface area contributed by atoms with E-state index in [-0.39, 0.29) is 0 Å². The molecule has 1 aromatic heterocycles. The van der Waals surface area contributed by atoms with Crippen LogP contribution < -0.4 is 15.6 Å². The summed E-state index contributed by atoms with van der Waals surface area (Å²) in [6.45, 7) is 7.18. The third-order valence-electron chi connectivity index (χ3n) is 3.38. The van der Waals surface area contributed by atoms with Gasteiger partial charge in [-0.25, -0.2) is 0 Å². The van der Waals surface area contributed by atoms with Gasteiger partial charge in [0.2, 0.25) is 0 Å². The fourth-order valence-corrected chi connectivity index (χ4v) is 2.36. The number of nitrogens with one attached hydrogen (secondary N) is 2. The first kappa shape index (κ1) is 16.9. The van der Waals surface area contributed by atoms with Crippen molar-refractivity contribution in [3.8, 4) is 5.75 Å². The van der Waals surface area contributed by atoms with E-state index in [9.17, 15) is 9.59 Å². The van der Waals surface area contributed by atoms with Crippen LogP contribution in [0.4, 0.5) is 0 Å². The lowest BCUT2D eigenvalue weighted by Crippen LogP contribution is -2.47. The molecule has 0 saturated carbocycles. The first-order valence-corrected chi connectivity index (χ1v) is 7.79. The number of benzene rings is 1. The summed E-state index contributed by atoms with van der Waals surface area (Å²) in [6.07, 6.45) is -0.753. The van der Waals surface area contributed by atoms with E-state index in [1.54, 1.807) is 19.9 Å². The first-order chi connectivity index (χ1) is 10.9. The Hall–Kier alpha value is -2.48. The number of hydrogen-bond donors (Lipinski definition) is 2. The van der Waals surface area contributed by atoms with Gasteiger partial charge < -0.3 is 4.74 Å². The molecule has 23 heavy (non-hydrogen) atoms. The summed E-state index contributed by atoms with van der Waals surface area (Å²) >= 11 is 0.968. The Balaban J connectivity index is 1.91. The van der Waals surface area contributed by atoms with Gasteiger partial charge in [-0.2, -0.15) is 0 Å². The Bertz CT molecular complexity index is 729. The number of hydrogen-bond acceptors (Lipinski definition) is 6. The molecule has 0 bridgehead atoms. The lowest BCUT2D eigenvalue weighted by molar-refractivity contribution is -0.128. The molecule has 7 nitrogen and oxygen atoms in total. The minimum absolute atomic E-state index is 0.355. The van der Waals surface area contributed by atoms with E-state index in [0.29, 0.717) is 16.3 Å². The molecule has 1 atom stereocenters. The summed E-state index contributed by atoms with van der Waals surface area (Å²) in [5.41, 5.74) is 7.24. The molecule has 8 heteroatoms. The Morgan fingerprint density at radius 2 is 1.96 bits per heavy atom. The van der Waals surface area contributed by atoms with Gasteiger partial charge in [0.15, 0.2) is 6.10 Å². The predicted molar refractivity (Wildman–Crippen MR) is 86.3 cm³/mol. The molecular weight excluding hydrogens is 316 g/mol. The van der Waals surface area contributed by atoms with E-state index in [4.69, 9.17) is 4.74 Å². The highest BCUT2D eigenvalue weighted by molar-refractivity contribution is 7.07. The average Bonchev–Trinajstić information content (AvgIpc) is 2.95. The molecule has 1 aromatic carbocycles. The van der Waals surface area contributed by atoms with Crippen LogP contribution in [0.2, 0.25) is 0 Å². The van der Waals surface area contributed by atoms with E-state index < -0.39 is 17.9 Å². The molecule has 0 spiro atoms. The van der Waals surface area contributed by atoms with Crippen molar-refractivity contribution in [1.82, 2.24) is 20.4 Å². The third-order valence-corrected chi connectivity index (χ3v) is 4.21. The molecule has 2 N–H and O–H groups in total. The van der Waals surface area contributed by atoms with Crippen LogP contribution >= 0.6 is 11.5 Å². The fraction of sp³-hybridized carbons (Fsp3) is 0.333. The zero-order valence-corrected chi connectivity index (χ0v) is 14.2. The summed E-state index contributed by atoms with van der Waals surface area (Å²) in [5.74, 6) is -0.263. The maximum Gasteiger partial charge on any atom is 0.283 e. The zero-order valence-electron chi connectivity index (χ0n) is 13.3. The number of aryl methyl sites for hydroxylation is 2. The van der Waals surface area contributed by atoms with Crippen molar-refractivity contribution in [2.45, 2.75) is 33.8 Å². The standard InChI is InChI=1S/C15H18N4O3S/c1-8-6-5-7-12(9(8)2)22-11(4)14(20)17-18-15(21)13-10(3)16-19-23-13/h5-7,11H,1-4H3,(H,17,20)(H,18,21)/t11-/m0/s1. The van der Waals surface area contributed by atoms with Gasteiger partial charge in [-0.3, -0.25) is 20.4 Å². The van der Waals surface area contributed by atoms with Gasteiger partial charge in [0.05, 0.1) is 5.69 Å². The van der Waals surface area contributed by atoms with Crippen LogP contribution in [0.15, 0.2) is 18.2 Å². The van der Waals surface area contributed by atoms with Crippen LogP contribution in [0.25, 0.3) is 0 Å². The monoisotopic (exact) mass is 334 g/mol. The summed E-state index contributed by atoms with van der Waals surface area (Å²) in [4.78, 5) is 24.3. The highest BCUT2D eigenvalue weighted by Gasteiger charge is 2.18. The lowest BCUT2D eigenvalue weighted by Gasteiger charge is -2.17. The maximum atomic E-state index is 12.0. The number of carbonyl (C=O) groups excluding carboxylic acids is 2. The van der Waals surface area contributed by atoms with Gasteiger partial charge in [0, 0.05) is 0 Å². The minimum atomic E-state index is -0.753. The van der Waals surface area contributed by atoms with Crippen molar-refractivity contribution in [3.05, 3.63) is 39.9 Å². The van der Waals surface area contributed by atoms with Gasteiger partial charge in [-0.1, -0.05) is 16.6 Å². The number of rotatable bonds is 4. The normalized spacial score (nSPS) is 11.7. The van der Waals surface area contributed by atoms with Crippen molar-refractivity contribution in [1.29, 1.82) is 0 Å². The molecule has 2 amide bonds. The second-order valence-electron chi connectivity index (χ2n) is 5.09. The van der Waals surface area contributed by atoms with Crippen molar-refractivity contribution in [2.24, 2.45) is 0 Å². The van der Waals surface area contributed by atoms with Gasteiger partial charge in [-0.15, -0.1) is 5.10 Å². The molecule has 0 aliphatic rings. The number of nitrogens with zero attached hydrogens (tertiary/aromatic N) is 2. The average molecular weight is 334 g/mol. The van der Waals surface area contributed by atoms with E-state index in [1.807, 2.05) is 26.0 Å². The van der Waals surface area contributed by atoms with Gasteiger partial charge in [0.1, 0.15) is 10.6 Å². The maximum absolute atomic E-state index is 12.0. The molecule has 122 valence electrons. The largest absolute Gasteiger partial charge is 0.481 e. The van der Waals surface area contributed by atoms with Crippen LogP contribution in [0.3, 0.4) is 0 Å². The molecule has 2 aromatic rings. The van der Waals surface area contributed by atoms with Crippen LogP contribution in [-0.2, 0) is 4.79 Å². The summed E-state index contributed by atoms with van der Waals surface area (Å²) in [6, 6.07) is 5.64. The number of amides is 2. The van der Waals surface area contributed by atoms with Crippen LogP contribution in [-0.4, -0.2) is 27.5 Å². The summed E-state index contributed by atoms with van der Waals surface area (Å²) in [7, 11) is 0. The second kappa shape index (κ2) is 7.19. The quantitative estimate of drug-likeness (QED) is 0.830. The second-order valence-corrected chi connectivity index (χ2v) is 5.84. The fourth-order valence-electron chi connectivity index (χ4n) is 1.81. The van der Waals surface area contributed by atoms with E-state index >= 15 is 0 Å². The third kappa shape index (κ3) is 4.04. The molecule has 0 unspecified atom stereocenters. The smallest absolute Gasteiger partial charge is 0.283 e. The molecule has 0 aliphatic carbocycles. The number of ether oxygens (including phenoxy) is 1. The highest BCUT2D eigenvalue weighted by Crippen LogP contribution is 2.21. The minimum Gasteiger partial charge on any atom is -0.481 e. The lowest BCUT2D eigenvalue weighted by atomic mass is 10.1. The highest BCUT2D eigenvalue weighted by atomic mass is 32.1. The molecule has 1 heterocycles. The Kier molecular flexibility index (Phi) is 5.28. The molecule has 0 fully saturated rings. The van der Waals surface area contributed by atoms with Crippen molar-refractivity contribution in [2.75, 3.05) is 0 Å². The molecule has 2 rings (SSSR count). The molecule has 0 saturated heterocycles. The Morgan fingerprint density at radius 3 is 2.61 bits per heavy atom. The molecule has 0 radical (unpaired) electrons. The molecular formula is C15H18N4O3S. The summed E-state index contributed by atoms with van der Waals surface area (Å²) in [5, 5.41) is 3.74. The van der Waals surface area contributed by atoms with E-state index in [1.165, 1.54) is 0 Å². The predicted octanol–water partition coefficient (Wildman–Crippen LogP) is 1.69. The Labute approximate surface area is 138 Å². The SMILES string of the molecule is Cc1cccc(O[C@@H](C)C(=O)NNC(=O)c2snnc2C)c1C. The molecule has 0 aliphatic heterocycles. The Morgan fingerprint density at radius 1 is 1.22 bits per heavy atom. The van der Waals surface area contributed by atoms with Crippen molar-refractivity contribution in [3.63, 3.8) is 0 Å². The number of carbonyl (C=O) groups is 2. The summed E-state index contributed by atoms with van der Waals surface area (Å²) < 4.78 is 9.32. The van der Waals surface area contributed by atoms with Crippen LogP contribution in [0.5, 0.6) is 5.75 Å². The van der Waals surface area contributed by atoms with E-state index in [2.05, 4.69) is 20.4 Å². The number of hydrazine groups is 1. The zero-order chi connectivity index (χ0) is 17.0. The first-order valence-electron chi connectivity index (χ1n) is 7.02. The van der Waals surface area contributed by atoms with Crippen LogP contribution in [0.1, 0.15) is 33.4 Å². The van der Waals surface area contributed by atoms with Gasteiger partial charge in [0.25, 0.3) is 11.8 Å². The van der Waals surface area contributed by atoms with Gasteiger partial charge in [-0.05, 0) is 56.4 Å². The van der Waals surface area contributed by atoms with Crippen molar-refractivity contribution < 1.29 is 14.3 Å². The van der Waals surface area contributed by atoms with Crippen LogP contribution in [0, 0.1) is 20.8 Å².